The Bertz CT molecular complexity index is 864. The zero-order valence-corrected chi connectivity index (χ0v) is 15.9. The fourth-order valence-corrected chi connectivity index (χ4v) is 3.40. The van der Waals surface area contributed by atoms with Gasteiger partial charge < -0.3 is 5.32 Å². The maximum absolute atomic E-state index is 12.4. The first-order chi connectivity index (χ1) is 11.7. The SMILES string of the molecule is CC[C@@H](C)NC(=O)c1ccc(NS(=O)(=O)c2ccc(Cl)cc2)c(C)c1. The molecule has 0 bridgehead atoms. The van der Waals surface area contributed by atoms with Crippen molar-refractivity contribution in [1.29, 1.82) is 0 Å². The maximum Gasteiger partial charge on any atom is 0.261 e. The third-order valence-corrected chi connectivity index (χ3v) is 5.48. The summed E-state index contributed by atoms with van der Waals surface area (Å²) in [6, 6.07) is 10.9. The highest BCUT2D eigenvalue weighted by atomic mass is 35.5. The number of sulfonamides is 1. The molecule has 0 aliphatic heterocycles. The van der Waals surface area contributed by atoms with Gasteiger partial charge in [0, 0.05) is 16.6 Å². The molecule has 1 amide bonds. The molecule has 0 fully saturated rings. The number of halogens is 1. The molecule has 7 heteroatoms. The van der Waals surface area contributed by atoms with Crippen LogP contribution in [0, 0.1) is 6.92 Å². The Kier molecular flexibility index (Phi) is 6.08. The second-order valence-electron chi connectivity index (χ2n) is 5.87. The van der Waals surface area contributed by atoms with Crippen LogP contribution in [-0.4, -0.2) is 20.4 Å². The van der Waals surface area contributed by atoms with Gasteiger partial charge in [0.15, 0.2) is 0 Å². The summed E-state index contributed by atoms with van der Waals surface area (Å²) in [5.41, 5.74) is 1.58. The van der Waals surface area contributed by atoms with Gasteiger partial charge in [-0.1, -0.05) is 18.5 Å². The van der Waals surface area contributed by atoms with Gasteiger partial charge in [-0.3, -0.25) is 9.52 Å². The molecular formula is C18H21ClN2O3S. The molecule has 0 aliphatic rings. The molecule has 0 radical (unpaired) electrons. The lowest BCUT2D eigenvalue weighted by Gasteiger charge is -2.14. The van der Waals surface area contributed by atoms with Crippen LogP contribution in [0.3, 0.4) is 0 Å². The summed E-state index contributed by atoms with van der Waals surface area (Å²) in [5.74, 6) is -0.176. The molecule has 134 valence electrons. The van der Waals surface area contributed by atoms with Gasteiger partial charge in [0.05, 0.1) is 10.6 Å². The summed E-state index contributed by atoms with van der Waals surface area (Å²) in [6.45, 7) is 5.67. The first-order valence-electron chi connectivity index (χ1n) is 7.93. The minimum Gasteiger partial charge on any atom is -0.350 e. The van der Waals surface area contributed by atoms with Gasteiger partial charge in [-0.25, -0.2) is 8.42 Å². The van der Waals surface area contributed by atoms with Crippen LogP contribution in [0.25, 0.3) is 0 Å². The summed E-state index contributed by atoms with van der Waals surface area (Å²) in [7, 11) is -3.72. The van der Waals surface area contributed by atoms with Crippen molar-refractivity contribution in [3.8, 4) is 0 Å². The summed E-state index contributed by atoms with van der Waals surface area (Å²) < 4.78 is 27.4. The van der Waals surface area contributed by atoms with Crippen LogP contribution in [0.2, 0.25) is 5.02 Å². The molecule has 2 N–H and O–H groups in total. The minimum atomic E-state index is -3.72. The summed E-state index contributed by atoms with van der Waals surface area (Å²) in [4.78, 5) is 12.3. The zero-order valence-electron chi connectivity index (χ0n) is 14.3. The van der Waals surface area contributed by atoms with E-state index in [-0.39, 0.29) is 16.8 Å². The number of benzene rings is 2. The van der Waals surface area contributed by atoms with E-state index in [0.29, 0.717) is 21.8 Å². The molecule has 0 saturated carbocycles. The number of carbonyl (C=O) groups is 1. The molecule has 0 spiro atoms. The first kappa shape index (κ1) is 19.3. The van der Waals surface area contributed by atoms with Crippen molar-refractivity contribution in [2.24, 2.45) is 0 Å². The van der Waals surface area contributed by atoms with E-state index >= 15 is 0 Å². The van der Waals surface area contributed by atoms with Crippen LogP contribution in [0.1, 0.15) is 36.2 Å². The Balaban J connectivity index is 2.21. The van der Waals surface area contributed by atoms with Crippen LogP contribution < -0.4 is 10.0 Å². The average molecular weight is 381 g/mol. The van der Waals surface area contributed by atoms with Gasteiger partial charge in [-0.2, -0.15) is 0 Å². The van der Waals surface area contributed by atoms with E-state index in [4.69, 9.17) is 11.6 Å². The highest BCUT2D eigenvalue weighted by Gasteiger charge is 2.16. The normalized spacial score (nSPS) is 12.5. The van der Waals surface area contributed by atoms with Crippen molar-refractivity contribution in [1.82, 2.24) is 5.32 Å². The van der Waals surface area contributed by atoms with E-state index < -0.39 is 10.0 Å². The Hall–Kier alpha value is -2.05. The van der Waals surface area contributed by atoms with Crippen molar-refractivity contribution in [3.05, 3.63) is 58.6 Å². The maximum atomic E-state index is 12.4. The van der Waals surface area contributed by atoms with Crippen molar-refractivity contribution in [2.45, 2.75) is 38.1 Å². The number of carbonyl (C=O) groups excluding carboxylic acids is 1. The van der Waals surface area contributed by atoms with Crippen molar-refractivity contribution >= 4 is 33.2 Å². The van der Waals surface area contributed by atoms with Crippen molar-refractivity contribution in [3.63, 3.8) is 0 Å². The molecule has 25 heavy (non-hydrogen) atoms. The summed E-state index contributed by atoms with van der Waals surface area (Å²) in [5, 5.41) is 3.35. The van der Waals surface area contributed by atoms with Gasteiger partial charge in [-0.05, 0) is 68.3 Å². The third kappa shape index (κ3) is 4.96. The van der Waals surface area contributed by atoms with Gasteiger partial charge in [0.25, 0.3) is 15.9 Å². The van der Waals surface area contributed by atoms with E-state index in [2.05, 4.69) is 10.0 Å². The van der Waals surface area contributed by atoms with Gasteiger partial charge >= 0.3 is 0 Å². The lowest BCUT2D eigenvalue weighted by Crippen LogP contribution is -2.31. The number of amides is 1. The quantitative estimate of drug-likeness (QED) is 0.795. The van der Waals surface area contributed by atoms with E-state index in [0.717, 1.165) is 6.42 Å². The number of rotatable bonds is 6. The summed E-state index contributed by atoms with van der Waals surface area (Å²) >= 11 is 5.79. The lowest BCUT2D eigenvalue weighted by molar-refractivity contribution is 0.0939. The van der Waals surface area contributed by atoms with Crippen LogP contribution >= 0.6 is 11.6 Å². The molecule has 2 rings (SSSR count). The molecular weight excluding hydrogens is 360 g/mol. The van der Waals surface area contributed by atoms with Gasteiger partial charge in [-0.15, -0.1) is 0 Å². The van der Waals surface area contributed by atoms with Crippen LogP contribution in [0.15, 0.2) is 47.4 Å². The monoisotopic (exact) mass is 380 g/mol. The third-order valence-electron chi connectivity index (χ3n) is 3.85. The molecule has 0 unspecified atom stereocenters. The predicted octanol–water partition coefficient (Wildman–Crippen LogP) is 3.98. The number of hydrogen-bond acceptors (Lipinski definition) is 3. The zero-order chi connectivity index (χ0) is 18.6. The van der Waals surface area contributed by atoms with Crippen molar-refractivity contribution < 1.29 is 13.2 Å². The standard InChI is InChI=1S/C18H21ClN2O3S/c1-4-13(3)20-18(22)14-5-10-17(12(2)11-14)21-25(23,24)16-8-6-15(19)7-9-16/h5-11,13,21H,4H2,1-3H3,(H,20,22)/t13-/m1/s1. The topological polar surface area (TPSA) is 75.3 Å². The fraction of sp³-hybridized carbons (Fsp3) is 0.278. The highest BCUT2D eigenvalue weighted by molar-refractivity contribution is 7.92. The molecule has 2 aromatic rings. The Labute approximate surface area is 153 Å². The predicted molar refractivity (Wildman–Crippen MR) is 101 cm³/mol. The molecule has 0 heterocycles. The van der Waals surface area contributed by atoms with Gasteiger partial charge in [0.1, 0.15) is 0 Å². The second-order valence-corrected chi connectivity index (χ2v) is 7.99. The van der Waals surface area contributed by atoms with Gasteiger partial charge in [0.2, 0.25) is 0 Å². The van der Waals surface area contributed by atoms with E-state index in [1.165, 1.54) is 24.3 Å². The molecule has 0 aliphatic carbocycles. The van der Waals surface area contributed by atoms with Crippen molar-refractivity contribution in [2.75, 3.05) is 4.72 Å². The van der Waals surface area contributed by atoms with E-state index in [9.17, 15) is 13.2 Å². The number of hydrogen-bond donors (Lipinski definition) is 2. The Morgan fingerprint density at radius 3 is 2.36 bits per heavy atom. The molecule has 1 atom stereocenters. The number of nitrogens with one attached hydrogen (secondary N) is 2. The smallest absolute Gasteiger partial charge is 0.261 e. The number of anilines is 1. The summed E-state index contributed by atoms with van der Waals surface area (Å²) in [6.07, 6.45) is 0.837. The average Bonchev–Trinajstić information content (AvgIpc) is 2.56. The molecule has 0 saturated heterocycles. The largest absolute Gasteiger partial charge is 0.350 e. The highest BCUT2D eigenvalue weighted by Crippen LogP contribution is 2.22. The molecule has 0 aromatic heterocycles. The minimum absolute atomic E-state index is 0.0795. The van der Waals surface area contributed by atoms with Crippen LogP contribution in [0.5, 0.6) is 0 Å². The van der Waals surface area contributed by atoms with E-state index in [1.54, 1.807) is 25.1 Å². The Morgan fingerprint density at radius 2 is 1.80 bits per heavy atom. The van der Waals surface area contributed by atoms with E-state index in [1.807, 2.05) is 13.8 Å². The van der Waals surface area contributed by atoms with Crippen LogP contribution in [0.4, 0.5) is 5.69 Å². The molecule has 2 aromatic carbocycles. The molecule has 5 nitrogen and oxygen atoms in total. The van der Waals surface area contributed by atoms with Crippen LogP contribution in [-0.2, 0) is 10.0 Å². The number of aryl methyl sites for hydroxylation is 1. The lowest BCUT2D eigenvalue weighted by atomic mass is 10.1. The fourth-order valence-electron chi connectivity index (χ4n) is 2.15. The Morgan fingerprint density at radius 1 is 1.16 bits per heavy atom. The second kappa shape index (κ2) is 7.89. The first-order valence-corrected chi connectivity index (χ1v) is 9.79.